The number of carbonyl (C=O) groups excluding carboxylic acids is 2. The molecule has 0 bridgehead atoms. The summed E-state index contributed by atoms with van der Waals surface area (Å²) in [6.45, 7) is 0.0878. The van der Waals surface area contributed by atoms with Crippen molar-refractivity contribution in [2.24, 2.45) is 0 Å². The Bertz CT molecular complexity index is 1910. The Morgan fingerprint density at radius 2 is 1.04 bits per heavy atom. The second-order valence-corrected chi connectivity index (χ2v) is 11.6. The summed E-state index contributed by atoms with van der Waals surface area (Å²) in [5, 5.41) is 6.22. The number of aromatic nitrogens is 6. The molecule has 2 amide bonds. The molecule has 0 aromatic heterocycles. The SMILES string of the molecule is O=C(Cn1ccn2c(=O)c(-c3ccccc3)nc-2c1)N[C@H]1CCCC[C@H]1NC(=O)Cn1ccn2c(=O)c(-c3ccccc3)nc-2c1. The van der Waals surface area contributed by atoms with Gasteiger partial charge in [-0.25, -0.2) is 9.97 Å². The van der Waals surface area contributed by atoms with Gasteiger partial charge in [-0.1, -0.05) is 73.5 Å². The van der Waals surface area contributed by atoms with E-state index in [4.69, 9.17) is 0 Å². The minimum absolute atomic E-state index is 0.0439. The van der Waals surface area contributed by atoms with Crippen LogP contribution < -0.4 is 21.8 Å². The molecule has 0 saturated heterocycles. The van der Waals surface area contributed by atoms with Crippen LogP contribution in [0.15, 0.2) is 107 Å². The first-order valence-corrected chi connectivity index (χ1v) is 15.3. The van der Waals surface area contributed by atoms with Gasteiger partial charge in [-0.2, -0.15) is 0 Å². The Morgan fingerprint density at radius 1 is 0.630 bits per heavy atom. The summed E-state index contributed by atoms with van der Waals surface area (Å²) in [5.74, 6) is 0.519. The van der Waals surface area contributed by atoms with Crippen molar-refractivity contribution in [3.8, 4) is 34.2 Å². The van der Waals surface area contributed by atoms with E-state index in [9.17, 15) is 19.2 Å². The monoisotopic (exact) mass is 616 g/mol. The molecular weight excluding hydrogens is 584 g/mol. The highest BCUT2D eigenvalue weighted by Crippen LogP contribution is 2.20. The molecule has 4 heterocycles. The van der Waals surface area contributed by atoms with Gasteiger partial charge in [0, 0.05) is 60.4 Å². The molecule has 7 rings (SSSR count). The van der Waals surface area contributed by atoms with E-state index in [1.54, 1.807) is 46.3 Å². The summed E-state index contributed by atoms with van der Waals surface area (Å²) < 4.78 is 6.32. The van der Waals surface area contributed by atoms with E-state index in [-0.39, 0.29) is 48.1 Å². The van der Waals surface area contributed by atoms with Crippen LogP contribution in [0.2, 0.25) is 0 Å². The number of amides is 2. The van der Waals surface area contributed by atoms with Crippen molar-refractivity contribution in [3.05, 3.63) is 119 Å². The van der Waals surface area contributed by atoms with Crippen LogP contribution in [-0.2, 0) is 22.7 Å². The minimum Gasteiger partial charge on any atom is -0.350 e. The lowest BCUT2D eigenvalue weighted by Crippen LogP contribution is -2.54. The summed E-state index contributed by atoms with van der Waals surface area (Å²) in [6.07, 6.45) is 13.4. The van der Waals surface area contributed by atoms with E-state index in [1.807, 2.05) is 60.7 Å². The highest BCUT2D eigenvalue weighted by molar-refractivity contribution is 5.78. The number of carbonyl (C=O) groups is 2. The van der Waals surface area contributed by atoms with Gasteiger partial charge in [0.15, 0.2) is 11.6 Å². The predicted octanol–water partition coefficient (Wildman–Crippen LogP) is 2.83. The van der Waals surface area contributed by atoms with E-state index in [0.29, 0.717) is 23.0 Å². The van der Waals surface area contributed by atoms with Crippen molar-refractivity contribution in [2.45, 2.75) is 50.9 Å². The van der Waals surface area contributed by atoms with Crippen LogP contribution in [0.4, 0.5) is 0 Å². The molecule has 12 heteroatoms. The van der Waals surface area contributed by atoms with Gasteiger partial charge in [-0.3, -0.25) is 28.3 Å². The Morgan fingerprint density at radius 3 is 1.46 bits per heavy atom. The lowest BCUT2D eigenvalue weighted by atomic mass is 9.90. The Labute approximate surface area is 263 Å². The van der Waals surface area contributed by atoms with Crippen molar-refractivity contribution in [1.29, 1.82) is 0 Å². The third kappa shape index (κ3) is 5.84. The second-order valence-electron chi connectivity index (χ2n) is 11.6. The zero-order chi connectivity index (χ0) is 31.6. The number of fused-ring (bicyclic) bond motifs is 2. The first-order valence-electron chi connectivity index (χ1n) is 15.3. The largest absolute Gasteiger partial charge is 0.350 e. The number of benzene rings is 2. The lowest BCUT2D eigenvalue weighted by molar-refractivity contribution is -0.125. The van der Waals surface area contributed by atoms with Crippen molar-refractivity contribution < 1.29 is 9.59 Å². The smallest absolute Gasteiger partial charge is 0.282 e. The standard InChI is InChI=1S/C34H32N8O4/c43-29(21-39-15-17-41-27(19-39)37-31(33(41)45)23-9-3-1-4-10-23)35-25-13-7-8-14-26(25)36-30(44)22-40-16-18-42-28(20-40)38-32(34(42)46)24-11-5-2-6-12-24/h1-6,9-12,15-20,25-26H,7-8,13-14,21-22H2,(H,35,43)(H,36,44)/t25-,26+. The molecule has 12 nitrogen and oxygen atoms in total. The quantitative estimate of drug-likeness (QED) is 0.270. The van der Waals surface area contributed by atoms with Crippen LogP contribution >= 0.6 is 0 Å². The molecule has 2 N–H and O–H groups in total. The third-order valence-corrected chi connectivity index (χ3v) is 8.37. The maximum atomic E-state index is 13.1. The van der Waals surface area contributed by atoms with Gasteiger partial charge in [0.05, 0.1) is 0 Å². The fraction of sp³-hybridized carbons (Fsp3) is 0.235. The number of imidazole rings is 2. The Balaban J connectivity index is 0.994. The van der Waals surface area contributed by atoms with Crippen molar-refractivity contribution in [2.75, 3.05) is 0 Å². The summed E-state index contributed by atoms with van der Waals surface area (Å²) >= 11 is 0. The van der Waals surface area contributed by atoms with Crippen LogP contribution in [0.25, 0.3) is 34.2 Å². The molecule has 1 saturated carbocycles. The molecule has 2 atom stereocenters. The minimum atomic E-state index is -0.214. The normalized spacial score (nSPS) is 16.4. The molecule has 0 unspecified atom stereocenters. The van der Waals surface area contributed by atoms with E-state index >= 15 is 0 Å². The first kappa shape index (κ1) is 29.0. The van der Waals surface area contributed by atoms with Gasteiger partial charge in [-0.05, 0) is 12.8 Å². The van der Waals surface area contributed by atoms with E-state index in [2.05, 4.69) is 20.6 Å². The topological polar surface area (TPSA) is 138 Å². The number of rotatable bonds is 8. The first-order chi connectivity index (χ1) is 22.4. The maximum Gasteiger partial charge on any atom is 0.282 e. The number of nitrogens with zero attached hydrogens (tertiary/aromatic N) is 6. The molecule has 2 aromatic rings. The van der Waals surface area contributed by atoms with Gasteiger partial charge >= 0.3 is 0 Å². The molecule has 1 aliphatic carbocycles. The van der Waals surface area contributed by atoms with Crippen molar-refractivity contribution in [1.82, 2.24) is 38.9 Å². The molecule has 0 spiro atoms. The highest BCUT2D eigenvalue weighted by Gasteiger charge is 2.28. The van der Waals surface area contributed by atoms with Crippen LogP contribution in [0.5, 0.6) is 0 Å². The van der Waals surface area contributed by atoms with Gasteiger partial charge in [0.1, 0.15) is 24.5 Å². The molecule has 46 heavy (non-hydrogen) atoms. The van der Waals surface area contributed by atoms with E-state index < -0.39 is 0 Å². The summed E-state index contributed by atoms with van der Waals surface area (Å²) in [4.78, 5) is 61.0. The number of hydrogen-bond donors (Lipinski definition) is 2. The Hall–Kier alpha value is -5.78. The molecular formula is C34H32N8O4. The van der Waals surface area contributed by atoms with Gasteiger partial charge < -0.3 is 19.8 Å². The molecule has 2 aromatic carbocycles. The average molecular weight is 617 g/mol. The van der Waals surface area contributed by atoms with Crippen LogP contribution in [-0.4, -0.2) is 52.1 Å². The van der Waals surface area contributed by atoms with E-state index in [1.165, 1.54) is 9.13 Å². The summed E-state index contributed by atoms with van der Waals surface area (Å²) in [7, 11) is 0. The fourth-order valence-corrected chi connectivity index (χ4v) is 6.10. The number of nitrogens with one attached hydrogen (secondary N) is 2. The third-order valence-electron chi connectivity index (χ3n) is 8.37. The van der Waals surface area contributed by atoms with Gasteiger partial charge in [-0.15, -0.1) is 0 Å². The molecule has 1 fully saturated rings. The van der Waals surface area contributed by atoms with Crippen LogP contribution in [0, 0.1) is 0 Å². The fourth-order valence-electron chi connectivity index (χ4n) is 6.10. The lowest BCUT2D eigenvalue weighted by Gasteiger charge is -2.33. The van der Waals surface area contributed by atoms with Crippen molar-refractivity contribution in [3.63, 3.8) is 0 Å². The van der Waals surface area contributed by atoms with Crippen molar-refractivity contribution >= 4 is 11.8 Å². The highest BCUT2D eigenvalue weighted by atomic mass is 16.2. The predicted molar refractivity (Wildman–Crippen MR) is 171 cm³/mol. The Kier molecular flexibility index (Phi) is 7.75. The second kappa shape index (κ2) is 12.3. The maximum absolute atomic E-state index is 13.1. The summed E-state index contributed by atoms with van der Waals surface area (Å²) in [6, 6.07) is 18.1. The average Bonchev–Trinajstić information content (AvgIpc) is 3.58. The molecule has 0 radical (unpaired) electrons. The molecule has 232 valence electrons. The zero-order valence-electron chi connectivity index (χ0n) is 25.0. The van der Waals surface area contributed by atoms with Gasteiger partial charge in [0.25, 0.3) is 11.1 Å². The zero-order valence-corrected chi connectivity index (χ0v) is 25.0. The van der Waals surface area contributed by atoms with E-state index in [0.717, 1.165) is 36.8 Å². The molecule has 4 aliphatic heterocycles. The number of hydrogen-bond acceptors (Lipinski definition) is 6. The molecule has 5 aliphatic rings. The summed E-state index contributed by atoms with van der Waals surface area (Å²) in [5.41, 5.74) is 1.76. The van der Waals surface area contributed by atoms with Crippen LogP contribution in [0.3, 0.4) is 0 Å². The van der Waals surface area contributed by atoms with Crippen LogP contribution in [0.1, 0.15) is 25.7 Å². The van der Waals surface area contributed by atoms with Gasteiger partial charge in [0.2, 0.25) is 11.8 Å².